The molecule has 12 nitrogen and oxygen atoms in total. The maximum Gasteiger partial charge on any atom is 0.142 e. The zero-order valence-electron chi connectivity index (χ0n) is 42.0. The van der Waals surface area contributed by atoms with Gasteiger partial charge in [-0.1, -0.05) is 55.4 Å². The number of benzene rings is 4. The van der Waals surface area contributed by atoms with E-state index in [9.17, 15) is 20.4 Å². The molecule has 4 atom stereocenters. The van der Waals surface area contributed by atoms with E-state index in [1.165, 1.54) is 0 Å². The van der Waals surface area contributed by atoms with Crippen LogP contribution in [-0.4, -0.2) is 93.1 Å². The van der Waals surface area contributed by atoms with Gasteiger partial charge in [0.2, 0.25) is 0 Å². The lowest BCUT2D eigenvalue weighted by atomic mass is 9.75. The van der Waals surface area contributed by atoms with Crippen LogP contribution >= 0.6 is 0 Å². The molecule has 4 aromatic carbocycles. The molecule has 9 rings (SSSR count). The summed E-state index contributed by atoms with van der Waals surface area (Å²) in [5.41, 5.74) is 9.86. The molecule has 0 spiro atoms. The van der Waals surface area contributed by atoms with Crippen LogP contribution in [-0.2, 0) is 26.2 Å². The van der Waals surface area contributed by atoms with Crippen molar-refractivity contribution in [2.45, 2.75) is 157 Å². The minimum absolute atomic E-state index is 0.221. The van der Waals surface area contributed by atoms with Gasteiger partial charge in [-0.05, 0) is 75.6 Å². The summed E-state index contributed by atoms with van der Waals surface area (Å²) in [6.07, 6.45) is 6.34. The summed E-state index contributed by atoms with van der Waals surface area (Å²) in [7, 11) is 0. The Bertz CT molecular complexity index is 2170. The van der Waals surface area contributed by atoms with Crippen molar-refractivity contribution in [3.63, 3.8) is 0 Å². The number of phenolic OH excluding ortho intramolecular Hbond substituents is 4. The van der Waals surface area contributed by atoms with Crippen molar-refractivity contribution in [2.75, 3.05) is 53.1 Å². The number of ether oxygens (including phenoxy) is 4. The molecular weight excluding hydrogens is 857 g/mol. The lowest BCUT2D eigenvalue weighted by Crippen LogP contribution is -2.34. The SMILES string of the molecule is CCCN1COc2c3cc(c(O)c2C1)C(CC)c1cc(c(O)c2c1OCN(CCC)C2)C(CC)c1cc(c(O)c2c1OCN(CCC)C2)C(CC)c1cc(c(O)c2c1OCN(CCC)C2)C3CC. The van der Waals surface area contributed by atoms with Gasteiger partial charge in [-0.3, -0.25) is 19.6 Å². The van der Waals surface area contributed by atoms with Gasteiger partial charge in [-0.2, -0.15) is 0 Å². The molecule has 4 unspecified atom stereocenters. The van der Waals surface area contributed by atoms with E-state index in [0.717, 1.165) is 119 Å². The van der Waals surface area contributed by atoms with Gasteiger partial charge in [0.15, 0.2) is 0 Å². The zero-order valence-corrected chi connectivity index (χ0v) is 42.0. The topological polar surface area (TPSA) is 131 Å². The lowest BCUT2D eigenvalue weighted by Gasteiger charge is -2.38. The largest absolute Gasteiger partial charge is 0.507 e. The van der Waals surface area contributed by atoms with Crippen LogP contribution in [0.2, 0.25) is 0 Å². The molecular formula is C56H76N4O8. The van der Waals surface area contributed by atoms with E-state index >= 15 is 0 Å². The van der Waals surface area contributed by atoms with E-state index in [1.807, 2.05) is 0 Å². The Labute approximate surface area is 404 Å². The van der Waals surface area contributed by atoms with Gasteiger partial charge in [0.05, 0.1) is 22.3 Å². The summed E-state index contributed by atoms with van der Waals surface area (Å²) in [5.74, 6) is 2.28. The van der Waals surface area contributed by atoms with Crippen LogP contribution in [0.4, 0.5) is 0 Å². The fourth-order valence-corrected chi connectivity index (χ4v) is 12.4. The van der Waals surface area contributed by atoms with Crippen LogP contribution in [0.3, 0.4) is 0 Å². The average Bonchev–Trinajstić information content (AvgIpc) is 3.34. The third-order valence-corrected chi connectivity index (χ3v) is 15.5. The number of fused-ring (bicyclic) bond motifs is 16. The minimum Gasteiger partial charge on any atom is -0.507 e. The fourth-order valence-electron chi connectivity index (χ4n) is 12.4. The summed E-state index contributed by atoms with van der Waals surface area (Å²) in [6, 6.07) is 8.60. The Morgan fingerprint density at radius 3 is 0.735 bits per heavy atom. The molecule has 4 heterocycles. The Morgan fingerprint density at radius 1 is 0.353 bits per heavy atom. The predicted octanol–water partition coefficient (Wildman–Crippen LogP) is 11.2. The van der Waals surface area contributed by atoms with Crippen molar-refractivity contribution in [2.24, 2.45) is 0 Å². The molecule has 0 amide bonds. The summed E-state index contributed by atoms with van der Waals surface area (Å²) in [6.45, 7) is 24.2. The third kappa shape index (κ3) is 8.30. The van der Waals surface area contributed by atoms with Gasteiger partial charge in [-0.15, -0.1) is 0 Å². The van der Waals surface area contributed by atoms with Crippen LogP contribution in [0.5, 0.6) is 46.0 Å². The minimum atomic E-state index is -0.328. The number of hydrogen-bond donors (Lipinski definition) is 4. The van der Waals surface area contributed by atoms with E-state index in [-0.39, 0.29) is 46.7 Å². The van der Waals surface area contributed by atoms with E-state index in [2.05, 4.69) is 99.3 Å². The van der Waals surface area contributed by atoms with E-state index in [1.54, 1.807) is 0 Å². The number of phenols is 4. The highest BCUT2D eigenvalue weighted by molar-refractivity contribution is 5.68. The number of rotatable bonds is 12. The van der Waals surface area contributed by atoms with Crippen LogP contribution in [0.1, 0.15) is 197 Å². The standard InChI is InChI=1S/C56H76N4O8/c1-9-17-57-25-45-49(61)37-21-41(53(45)65-29-57)34(14-6)38-22-43(55-46(50(38)62)26-58(18-10-2)31-67-55)36(16-8)40-24-44(56-48(52(40)64)28-60(20-12-4)32-68-56)35(15-7)39-23-42(33(37)13-5)54-47(51(39)63)27-59(19-11-3)30-66-54/h21-24,33-36,61-64H,9-20,25-32H2,1-8H3. The zero-order chi connectivity index (χ0) is 48.0. The van der Waals surface area contributed by atoms with E-state index in [4.69, 9.17) is 18.9 Å². The number of nitrogens with zero attached hydrogens (tertiary/aromatic N) is 4. The molecule has 8 bridgehead atoms. The summed E-state index contributed by atoms with van der Waals surface area (Å²) < 4.78 is 27.1. The lowest BCUT2D eigenvalue weighted by molar-refractivity contribution is 0.0910. The first-order valence-electron chi connectivity index (χ1n) is 26.0. The van der Waals surface area contributed by atoms with Crippen molar-refractivity contribution in [3.8, 4) is 46.0 Å². The number of aromatic hydroxyl groups is 4. The van der Waals surface area contributed by atoms with Gasteiger partial charge < -0.3 is 39.4 Å². The molecule has 4 N–H and O–H groups in total. The summed E-state index contributed by atoms with van der Waals surface area (Å²) >= 11 is 0. The molecule has 4 aromatic rings. The molecule has 5 aliphatic rings. The van der Waals surface area contributed by atoms with Crippen molar-refractivity contribution in [1.82, 2.24) is 19.6 Å². The molecule has 0 fully saturated rings. The second-order valence-corrected chi connectivity index (χ2v) is 20.0. The van der Waals surface area contributed by atoms with Gasteiger partial charge >= 0.3 is 0 Å². The molecule has 0 saturated heterocycles. The van der Waals surface area contributed by atoms with E-state index in [0.29, 0.717) is 102 Å². The van der Waals surface area contributed by atoms with Gasteiger partial charge in [0.25, 0.3) is 0 Å². The van der Waals surface area contributed by atoms with Crippen LogP contribution < -0.4 is 18.9 Å². The van der Waals surface area contributed by atoms with E-state index < -0.39 is 0 Å². The maximum absolute atomic E-state index is 12.8. The Kier molecular flexibility index (Phi) is 14.3. The molecule has 368 valence electrons. The third-order valence-electron chi connectivity index (χ3n) is 15.5. The molecule has 12 heteroatoms. The normalized spacial score (nSPS) is 21.6. The highest BCUT2D eigenvalue weighted by Crippen LogP contribution is 2.57. The Balaban J connectivity index is 1.41. The summed E-state index contributed by atoms with van der Waals surface area (Å²) in [4.78, 5) is 8.97. The molecule has 0 radical (unpaired) electrons. The quantitative estimate of drug-likeness (QED) is 0.108. The second-order valence-electron chi connectivity index (χ2n) is 20.0. The first-order valence-corrected chi connectivity index (χ1v) is 26.0. The monoisotopic (exact) mass is 933 g/mol. The Morgan fingerprint density at radius 2 is 0.559 bits per heavy atom. The maximum atomic E-state index is 12.8. The van der Waals surface area contributed by atoms with Gasteiger partial charge in [0.1, 0.15) is 72.9 Å². The predicted molar refractivity (Wildman–Crippen MR) is 266 cm³/mol. The van der Waals surface area contributed by atoms with Crippen molar-refractivity contribution < 1.29 is 39.4 Å². The first kappa shape index (κ1) is 48.2. The highest BCUT2D eigenvalue weighted by Gasteiger charge is 2.40. The molecule has 68 heavy (non-hydrogen) atoms. The smallest absolute Gasteiger partial charge is 0.142 e. The molecule has 0 saturated carbocycles. The number of hydrogen-bond acceptors (Lipinski definition) is 12. The van der Waals surface area contributed by atoms with Crippen molar-refractivity contribution >= 4 is 0 Å². The molecule has 0 aromatic heterocycles. The fraction of sp³-hybridized carbons (Fsp3) is 0.571. The van der Waals surface area contributed by atoms with Crippen LogP contribution in [0.25, 0.3) is 0 Å². The van der Waals surface area contributed by atoms with Crippen LogP contribution in [0.15, 0.2) is 24.3 Å². The molecule has 4 aliphatic heterocycles. The van der Waals surface area contributed by atoms with Gasteiger partial charge in [-0.25, -0.2) is 0 Å². The van der Waals surface area contributed by atoms with Crippen molar-refractivity contribution in [3.05, 3.63) is 91.0 Å². The first-order chi connectivity index (χ1) is 33.0. The van der Waals surface area contributed by atoms with Crippen LogP contribution in [0, 0.1) is 0 Å². The Hall–Kier alpha value is -4.88. The summed E-state index contributed by atoms with van der Waals surface area (Å²) in [5, 5.41) is 51.3. The highest BCUT2D eigenvalue weighted by atomic mass is 16.5. The van der Waals surface area contributed by atoms with Crippen molar-refractivity contribution in [1.29, 1.82) is 0 Å². The van der Waals surface area contributed by atoms with Gasteiger partial charge in [0, 0.05) is 121 Å². The average molecular weight is 933 g/mol. The molecule has 1 aliphatic carbocycles. The second kappa shape index (κ2) is 20.2.